The Morgan fingerprint density at radius 1 is 1.10 bits per heavy atom. The molecule has 1 amide bonds. The molecule has 2 aromatic carbocycles. The summed E-state index contributed by atoms with van der Waals surface area (Å²) < 4.78 is 7.52. The molecule has 1 saturated heterocycles. The maximum absolute atomic E-state index is 12.6. The molecular weight excluding hydrogens is 390 g/mol. The fourth-order valence-corrected chi connectivity index (χ4v) is 4.01. The van der Waals surface area contributed by atoms with E-state index in [2.05, 4.69) is 22.2 Å². The van der Waals surface area contributed by atoms with Gasteiger partial charge in [0.1, 0.15) is 0 Å². The quantitative estimate of drug-likeness (QED) is 0.483. The molecule has 1 aliphatic heterocycles. The number of hydrogen-bond donors (Lipinski definition) is 0. The third-order valence-corrected chi connectivity index (χ3v) is 5.69. The number of carbonyl (C=O) groups excluding carboxylic acids is 1. The molecule has 2 aromatic heterocycles. The van der Waals surface area contributed by atoms with Crippen LogP contribution in [0.4, 0.5) is 5.69 Å². The molecule has 156 valence electrons. The summed E-state index contributed by atoms with van der Waals surface area (Å²) in [4.78, 5) is 19.0. The number of hydrogen-bond acceptors (Lipinski definition) is 5. The van der Waals surface area contributed by atoms with Gasteiger partial charge in [-0.25, -0.2) is 0 Å². The van der Waals surface area contributed by atoms with Crippen molar-refractivity contribution in [1.29, 1.82) is 0 Å². The number of rotatable bonds is 5. The minimum atomic E-state index is -0.111. The minimum Gasteiger partial charge on any atom is -0.339 e. The smallest absolute Gasteiger partial charge is 0.232 e. The van der Waals surface area contributed by atoms with Crippen molar-refractivity contribution in [1.82, 2.24) is 19.9 Å². The molecule has 1 aliphatic rings. The summed E-state index contributed by atoms with van der Waals surface area (Å²) in [5.74, 6) is 0.991. The lowest BCUT2D eigenvalue weighted by Crippen LogP contribution is -2.24. The van der Waals surface area contributed by atoms with E-state index in [4.69, 9.17) is 4.52 Å². The molecule has 4 aromatic rings. The summed E-state index contributed by atoms with van der Waals surface area (Å²) >= 11 is 0. The van der Waals surface area contributed by atoms with E-state index in [1.807, 2.05) is 66.2 Å². The van der Waals surface area contributed by atoms with Crippen LogP contribution in [0.15, 0.2) is 65.3 Å². The lowest BCUT2D eigenvalue weighted by Gasteiger charge is -2.16. The van der Waals surface area contributed by atoms with E-state index in [0.717, 1.165) is 34.6 Å². The largest absolute Gasteiger partial charge is 0.339 e. The highest BCUT2D eigenvalue weighted by atomic mass is 16.5. The highest BCUT2D eigenvalue weighted by molar-refractivity contribution is 5.96. The van der Waals surface area contributed by atoms with Crippen molar-refractivity contribution in [3.05, 3.63) is 72.2 Å². The fraction of sp³-hybridized carbons (Fsp3) is 0.250. The first-order chi connectivity index (χ1) is 15.1. The van der Waals surface area contributed by atoms with Gasteiger partial charge in [0.2, 0.25) is 17.6 Å². The van der Waals surface area contributed by atoms with Gasteiger partial charge in [0.15, 0.2) is 0 Å². The van der Waals surface area contributed by atoms with Crippen molar-refractivity contribution in [2.24, 2.45) is 0 Å². The third-order valence-electron chi connectivity index (χ3n) is 5.69. The normalized spacial score (nSPS) is 16.3. The molecule has 0 radical (unpaired) electrons. The molecule has 1 atom stereocenters. The van der Waals surface area contributed by atoms with E-state index in [1.54, 1.807) is 11.1 Å². The summed E-state index contributed by atoms with van der Waals surface area (Å²) in [7, 11) is 0. The zero-order chi connectivity index (χ0) is 21.4. The van der Waals surface area contributed by atoms with Gasteiger partial charge in [-0.05, 0) is 38.1 Å². The summed E-state index contributed by atoms with van der Waals surface area (Å²) in [5.41, 5.74) is 5.03. The van der Waals surface area contributed by atoms with E-state index < -0.39 is 0 Å². The monoisotopic (exact) mass is 413 g/mol. The lowest BCUT2D eigenvalue weighted by atomic mass is 10.1. The molecule has 5 rings (SSSR count). The maximum Gasteiger partial charge on any atom is 0.232 e. The van der Waals surface area contributed by atoms with E-state index in [0.29, 0.717) is 24.7 Å². The summed E-state index contributed by atoms with van der Waals surface area (Å²) in [6.07, 6.45) is 2.17. The van der Waals surface area contributed by atoms with Crippen molar-refractivity contribution < 1.29 is 9.32 Å². The molecule has 0 aliphatic carbocycles. The minimum absolute atomic E-state index is 0.0726. The molecule has 31 heavy (non-hydrogen) atoms. The maximum atomic E-state index is 12.6. The molecule has 0 bridgehead atoms. The van der Waals surface area contributed by atoms with Crippen molar-refractivity contribution >= 4 is 11.6 Å². The Bertz CT molecular complexity index is 1220. The average molecular weight is 413 g/mol. The van der Waals surface area contributed by atoms with Crippen LogP contribution in [0.2, 0.25) is 0 Å². The van der Waals surface area contributed by atoms with Crippen LogP contribution in [-0.4, -0.2) is 32.4 Å². The summed E-state index contributed by atoms with van der Waals surface area (Å²) in [6, 6.07) is 18.0. The van der Waals surface area contributed by atoms with E-state index >= 15 is 0 Å². The highest BCUT2D eigenvalue weighted by Gasteiger charge is 2.35. The Balaban J connectivity index is 1.38. The number of carbonyl (C=O) groups is 1. The Morgan fingerprint density at radius 2 is 1.90 bits per heavy atom. The molecule has 7 heteroatoms. The molecule has 1 unspecified atom stereocenters. The number of aromatic nitrogens is 4. The van der Waals surface area contributed by atoms with Gasteiger partial charge >= 0.3 is 0 Å². The lowest BCUT2D eigenvalue weighted by molar-refractivity contribution is -0.117. The van der Waals surface area contributed by atoms with Crippen molar-refractivity contribution in [2.45, 2.75) is 32.7 Å². The van der Waals surface area contributed by atoms with Crippen LogP contribution in [-0.2, 0) is 11.3 Å². The second kappa shape index (κ2) is 7.83. The summed E-state index contributed by atoms with van der Waals surface area (Å²) in [5, 5.41) is 8.54. The predicted molar refractivity (Wildman–Crippen MR) is 118 cm³/mol. The molecule has 7 nitrogen and oxygen atoms in total. The van der Waals surface area contributed by atoms with Crippen LogP contribution < -0.4 is 4.90 Å². The van der Waals surface area contributed by atoms with Gasteiger partial charge in [-0.3, -0.25) is 9.48 Å². The first-order valence-electron chi connectivity index (χ1n) is 10.5. The van der Waals surface area contributed by atoms with E-state index in [9.17, 15) is 4.79 Å². The van der Waals surface area contributed by atoms with Crippen LogP contribution in [0.5, 0.6) is 0 Å². The topological polar surface area (TPSA) is 77.0 Å². The molecular formula is C24H23N5O2. The first kappa shape index (κ1) is 19.2. The SMILES string of the molecule is CCn1nccc1-c1cccc(-c2noc(C3CC(=O)N(c4ccc(C)cc4)C3)n2)c1. The predicted octanol–water partition coefficient (Wildman–Crippen LogP) is 4.45. The van der Waals surface area contributed by atoms with Crippen LogP contribution in [0.3, 0.4) is 0 Å². The zero-order valence-electron chi connectivity index (χ0n) is 17.5. The molecule has 0 saturated carbocycles. The summed E-state index contributed by atoms with van der Waals surface area (Å²) in [6.45, 7) is 5.43. The number of amides is 1. The second-order valence-corrected chi connectivity index (χ2v) is 7.81. The Hall–Kier alpha value is -3.74. The molecule has 0 N–H and O–H groups in total. The Labute approximate surface area is 180 Å². The Kier molecular flexibility index (Phi) is 4.86. The van der Waals surface area contributed by atoms with Crippen LogP contribution >= 0.6 is 0 Å². The second-order valence-electron chi connectivity index (χ2n) is 7.81. The van der Waals surface area contributed by atoms with Crippen molar-refractivity contribution in [3.63, 3.8) is 0 Å². The standard InChI is InChI=1S/C24H23N5O2/c1-3-29-21(11-12-25-29)17-5-4-6-18(13-17)23-26-24(31-27-23)19-14-22(30)28(15-19)20-9-7-16(2)8-10-20/h4-13,19H,3,14-15H2,1-2H3. The van der Waals surface area contributed by atoms with Gasteiger partial charge in [0.25, 0.3) is 0 Å². The van der Waals surface area contributed by atoms with Crippen LogP contribution in [0.25, 0.3) is 22.6 Å². The molecule has 1 fully saturated rings. The first-order valence-corrected chi connectivity index (χ1v) is 10.5. The number of anilines is 1. The van der Waals surface area contributed by atoms with Gasteiger partial charge in [-0.2, -0.15) is 10.1 Å². The van der Waals surface area contributed by atoms with Crippen molar-refractivity contribution in [2.75, 3.05) is 11.4 Å². The number of benzene rings is 2. The van der Waals surface area contributed by atoms with Crippen molar-refractivity contribution in [3.8, 4) is 22.6 Å². The third kappa shape index (κ3) is 3.63. The molecule has 0 spiro atoms. The van der Waals surface area contributed by atoms with Gasteiger partial charge in [0, 0.05) is 42.5 Å². The molecule has 3 heterocycles. The van der Waals surface area contributed by atoms with E-state index in [-0.39, 0.29) is 11.8 Å². The van der Waals surface area contributed by atoms with Gasteiger partial charge in [0.05, 0.1) is 11.6 Å². The van der Waals surface area contributed by atoms with Gasteiger partial charge in [-0.15, -0.1) is 0 Å². The van der Waals surface area contributed by atoms with Crippen LogP contribution in [0, 0.1) is 6.92 Å². The van der Waals surface area contributed by atoms with E-state index in [1.165, 1.54) is 0 Å². The Morgan fingerprint density at radius 3 is 2.71 bits per heavy atom. The number of nitrogens with zero attached hydrogens (tertiary/aromatic N) is 5. The zero-order valence-corrected chi connectivity index (χ0v) is 17.5. The number of aryl methyl sites for hydroxylation is 2. The highest BCUT2D eigenvalue weighted by Crippen LogP contribution is 2.32. The van der Waals surface area contributed by atoms with Gasteiger partial charge in [-0.1, -0.05) is 41.1 Å². The van der Waals surface area contributed by atoms with Crippen LogP contribution in [0.1, 0.15) is 30.7 Å². The fourth-order valence-electron chi connectivity index (χ4n) is 4.01. The van der Waals surface area contributed by atoms with Gasteiger partial charge < -0.3 is 9.42 Å². The average Bonchev–Trinajstić information content (AvgIpc) is 3.54.